The Kier molecular flexibility index (Phi) is 5.51. The molecule has 0 radical (unpaired) electrons. The van der Waals surface area contributed by atoms with Gasteiger partial charge in [0, 0.05) is 23.9 Å². The zero-order valence-corrected chi connectivity index (χ0v) is 14.2. The van der Waals surface area contributed by atoms with Gasteiger partial charge < -0.3 is 5.32 Å². The van der Waals surface area contributed by atoms with Crippen molar-refractivity contribution < 1.29 is 4.79 Å². The molecule has 1 aromatic rings. The Balaban J connectivity index is 1.87. The summed E-state index contributed by atoms with van der Waals surface area (Å²) >= 11 is 0. The van der Waals surface area contributed by atoms with E-state index in [-0.39, 0.29) is 11.3 Å². The van der Waals surface area contributed by atoms with Gasteiger partial charge in [0.1, 0.15) is 6.33 Å². The fraction of sp³-hybridized carbons (Fsp3) is 0.706. The Bertz CT molecular complexity index is 502. The SMILES string of the molecule is CNC(=O)CN1CCC(Cc2cc(C(C)(C)C)ncn2)CC1. The van der Waals surface area contributed by atoms with E-state index in [1.807, 2.05) is 0 Å². The van der Waals surface area contributed by atoms with Crippen LogP contribution < -0.4 is 5.32 Å². The van der Waals surface area contributed by atoms with Crippen molar-refractivity contribution in [1.82, 2.24) is 20.2 Å². The van der Waals surface area contributed by atoms with Gasteiger partial charge in [0.25, 0.3) is 0 Å². The van der Waals surface area contributed by atoms with Crippen LogP contribution in [0.2, 0.25) is 0 Å². The number of carbonyl (C=O) groups is 1. The van der Waals surface area contributed by atoms with Gasteiger partial charge in [-0.25, -0.2) is 9.97 Å². The van der Waals surface area contributed by atoms with Crippen LogP contribution in [-0.2, 0) is 16.6 Å². The zero-order valence-electron chi connectivity index (χ0n) is 14.2. The molecule has 1 N–H and O–H groups in total. The predicted octanol–water partition coefficient (Wildman–Crippen LogP) is 1.77. The van der Waals surface area contributed by atoms with Crippen LogP contribution in [0.25, 0.3) is 0 Å². The predicted molar refractivity (Wildman–Crippen MR) is 87.7 cm³/mol. The lowest BCUT2D eigenvalue weighted by molar-refractivity contribution is -0.122. The van der Waals surface area contributed by atoms with Gasteiger partial charge in [-0.1, -0.05) is 20.8 Å². The molecule has 5 heteroatoms. The highest BCUT2D eigenvalue weighted by Crippen LogP contribution is 2.23. The molecule has 0 aromatic carbocycles. The largest absolute Gasteiger partial charge is 0.358 e. The Morgan fingerprint density at radius 3 is 2.59 bits per heavy atom. The van der Waals surface area contributed by atoms with E-state index in [0.29, 0.717) is 12.5 Å². The van der Waals surface area contributed by atoms with Gasteiger partial charge in [-0.15, -0.1) is 0 Å². The van der Waals surface area contributed by atoms with Crippen molar-refractivity contribution >= 4 is 5.91 Å². The van der Waals surface area contributed by atoms with Crippen LogP contribution >= 0.6 is 0 Å². The summed E-state index contributed by atoms with van der Waals surface area (Å²) in [6.07, 6.45) is 4.97. The summed E-state index contributed by atoms with van der Waals surface area (Å²) in [5, 5.41) is 2.69. The van der Waals surface area contributed by atoms with Crippen molar-refractivity contribution in [3.63, 3.8) is 0 Å². The molecule has 2 rings (SSSR count). The standard InChI is InChI=1S/C17H28N4O/c1-17(2,3)15-10-14(19-12-20-15)9-13-5-7-21(8-6-13)11-16(22)18-4/h10,12-13H,5-9,11H2,1-4H3,(H,18,22). The van der Waals surface area contributed by atoms with Gasteiger partial charge in [0.2, 0.25) is 5.91 Å². The highest BCUT2D eigenvalue weighted by Gasteiger charge is 2.22. The lowest BCUT2D eigenvalue weighted by atomic mass is 9.89. The molecule has 22 heavy (non-hydrogen) atoms. The van der Waals surface area contributed by atoms with E-state index in [2.05, 4.69) is 47.0 Å². The lowest BCUT2D eigenvalue weighted by Crippen LogP contribution is -2.40. The van der Waals surface area contributed by atoms with Crippen LogP contribution in [0.5, 0.6) is 0 Å². The number of piperidine rings is 1. The van der Waals surface area contributed by atoms with E-state index < -0.39 is 0 Å². The first-order chi connectivity index (χ1) is 10.4. The molecule has 122 valence electrons. The monoisotopic (exact) mass is 304 g/mol. The first kappa shape index (κ1) is 16.9. The van der Waals surface area contributed by atoms with Crippen LogP contribution in [0.1, 0.15) is 45.0 Å². The first-order valence-electron chi connectivity index (χ1n) is 8.13. The van der Waals surface area contributed by atoms with E-state index in [9.17, 15) is 4.79 Å². The van der Waals surface area contributed by atoms with Gasteiger partial charge in [0.05, 0.1) is 6.54 Å². The molecule has 1 amide bonds. The molecule has 2 heterocycles. The van der Waals surface area contributed by atoms with Crippen molar-refractivity contribution in [2.45, 2.75) is 45.4 Å². The minimum absolute atomic E-state index is 0.0641. The van der Waals surface area contributed by atoms with Crippen molar-refractivity contribution in [1.29, 1.82) is 0 Å². The maximum Gasteiger partial charge on any atom is 0.233 e. The summed E-state index contributed by atoms with van der Waals surface area (Å²) in [4.78, 5) is 22.5. The lowest BCUT2D eigenvalue weighted by Gasteiger charge is -2.31. The molecule has 0 bridgehead atoms. The van der Waals surface area contributed by atoms with Crippen molar-refractivity contribution in [2.75, 3.05) is 26.7 Å². The van der Waals surface area contributed by atoms with Crippen LogP contribution in [0.15, 0.2) is 12.4 Å². The van der Waals surface area contributed by atoms with E-state index in [1.165, 1.54) is 0 Å². The summed E-state index contributed by atoms with van der Waals surface area (Å²) in [5.74, 6) is 0.757. The Morgan fingerprint density at radius 1 is 1.32 bits per heavy atom. The highest BCUT2D eigenvalue weighted by atomic mass is 16.1. The highest BCUT2D eigenvalue weighted by molar-refractivity contribution is 5.77. The van der Waals surface area contributed by atoms with Gasteiger partial charge >= 0.3 is 0 Å². The molecule has 0 saturated carbocycles. The van der Waals surface area contributed by atoms with Crippen LogP contribution in [0.3, 0.4) is 0 Å². The zero-order chi connectivity index (χ0) is 16.2. The van der Waals surface area contributed by atoms with Crippen LogP contribution in [-0.4, -0.2) is 47.5 Å². The Hall–Kier alpha value is -1.49. The number of aromatic nitrogens is 2. The topological polar surface area (TPSA) is 58.1 Å². The summed E-state index contributed by atoms with van der Waals surface area (Å²) in [6.45, 7) is 9.04. The number of nitrogens with zero attached hydrogens (tertiary/aromatic N) is 3. The molecular formula is C17H28N4O. The quantitative estimate of drug-likeness (QED) is 0.921. The molecule has 1 aliphatic rings. The molecule has 1 aliphatic heterocycles. The minimum Gasteiger partial charge on any atom is -0.358 e. The molecule has 1 saturated heterocycles. The summed E-state index contributed by atoms with van der Waals surface area (Å²) < 4.78 is 0. The average molecular weight is 304 g/mol. The molecule has 1 aromatic heterocycles. The fourth-order valence-corrected chi connectivity index (χ4v) is 2.85. The second-order valence-electron chi connectivity index (χ2n) is 7.24. The second-order valence-corrected chi connectivity index (χ2v) is 7.24. The summed E-state index contributed by atoms with van der Waals surface area (Å²) in [7, 11) is 1.69. The molecule has 0 spiro atoms. The molecular weight excluding hydrogens is 276 g/mol. The molecule has 5 nitrogen and oxygen atoms in total. The van der Waals surface area contributed by atoms with Crippen molar-refractivity contribution in [2.24, 2.45) is 5.92 Å². The van der Waals surface area contributed by atoms with Crippen LogP contribution in [0.4, 0.5) is 0 Å². The number of hydrogen-bond acceptors (Lipinski definition) is 4. The maximum absolute atomic E-state index is 11.4. The minimum atomic E-state index is 0.0641. The van der Waals surface area contributed by atoms with E-state index >= 15 is 0 Å². The molecule has 1 fully saturated rings. The molecule has 0 unspecified atom stereocenters. The Morgan fingerprint density at radius 2 is 2.00 bits per heavy atom. The third-order valence-electron chi connectivity index (χ3n) is 4.34. The second kappa shape index (κ2) is 7.18. The summed E-state index contributed by atoms with van der Waals surface area (Å²) in [5.41, 5.74) is 2.31. The number of carbonyl (C=O) groups excluding carboxylic acids is 1. The third-order valence-corrected chi connectivity index (χ3v) is 4.34. The van der Waals surface area contributed by atoms with Gasteiger partial charge in [-0.3, -0.25) is 9.69 Å². The van der Waals surface area contributed by atoms with E-state index in [4.69, 9.17) is 0 Å². The van der Waals surface area contributed by atoms with Gasteiger partial charge in [0.15, 0.2) is 0 Å². The molecule has 0 aliphatic carbocycles. The number of nitrogens with one attached hydrogen (secondary N) is 1. The van der Waals surface area contributed by atoms with Gasteiger partial charge in [-0.05, 0) is 44.3 Å². The van der Waals surface area contributed by atoms with Crippen molar-refractivity contribution in [3.05, 3.63) is 23.8 Å². The van der Waals surface area contributed by atoms with Crippen molar-refractivity contribution in [3.8, 4) is 0 Å². The maximum atomic E-state index is 11.4. The van der Waals surface area contributed by atoms with E-state index in [0.717, 1.165) is 43.7 Å². The number of likely N-dealkylation sites (tertiary alicyclic amines) is 1. The molecule has 0 atom stereocenters. The smallest absolute Gasteiger partial charge is 0.233 e. The third kappa shape index (κ3) is 4.77. The Labute approximate surface area is 133 Å². The van der Waals surface area contributed by atoms with Crippen LogP contribution in [0, 0.1) is 5.92 Å². The number of rotatable bonds is 4. The normalized spacial score (nSPS) is 17.5. The average Bonchev–Trinajstić information content (AvgIpc) is 2.48. The summed E-state index contributed by atoms with van der Waals surface area (Å²) in [6, 6.07) is 2.15. The number of hydrogen-bond donors (Lipinski definition) is 1. The van der Waals surface area contributed by atoms with Gasteiger partial charge in [-0.2, -0.15) is 0 Å². The first-order valence-corrected chi connectivity index (χ1v) is 8.13. The number of amides is 1. The fourth-order valence-electron chi connectivity index (χ4n) is 2.85. The van der Waals surface area contributed by atoms with E-state index in [1.54, 1.807) is 13.4 Å². The number of likely N-dealkylation sites (N-methyl/N-ethyl adjacent to an activating group) is 1.